The molecule has 0 aliphatic rings. The minimum atomic E-state index is -0.491. The van der Waals surface area contributed by atoms with Crippen molar-refractivity contribution < 1.29 is 14.4 Å². The fourth-order valence-corrected chi connectivity index (χ4v) is 5.62. The molecule has 3 N–H and O–H groups in total. The van der Waals surface area contributed by atoms with Crippen LogP contribution in [0.1, 0.15) is 22.8 Å². The van der Waals surface area contributed by atoms with Crippen molar-refractivity contribution in [1.29, 1.82) is 0 Å². The van der Waals surface area contributed by atoms with Crippen molar-refractivity contribution in [1.82, 2.24) is 5.32 Å². The standard InChI is InChI=1S/C35H27Cl2N3O3S/c1-22(33(41)38-27-17-18-30(36)31(37)21-27)44-28-15-8-14-26(20-28)39-35(43)32(40-34(42)24-10-3-2-4-11-24)19-25-13-7-12-23-9-5-6-16-29(23)25/h2-22H,1H3,(H,38,41)(H,39,43)(H,40,42)/b32-19+. The Hall–Kier alpha value is -4.56. The van der Waals surface area contributed by atoms with Crippen molar-refractivity contribution in [3.8, 4) is 0 Å². The molecule has 6 nitrogen and oxygen atoms in total. The van der Waals surface area contributed by atoms with Crippen LogP contribution < -0.4 is 16.0 Å². The Morgan fingerprint density at radius 3 is 2.23 bits per heavy atom. The number of anilines is 2. The lowest BCUT2D eigenvalue weighted by Crippen LogP contribution is -2.30. The number of hydrogen-bond donors (Lipinski definition) is 3. The van der Waals surface area contributed by atoms with Gasteiger partial charge in [0.15, 0.2) is 0 Å². The Bertz CT molecular complexity index is 1870. The molecule has 0 spiro atoms. The van der Waals surface area contributed by atoms with Crippen LogP contribution in [0.4, 0.5) is 11.4 Å². The number of hydrogen-bond acceptors (Lipinski definition) is 4. The van der Waals surface area contributed by atoms with Gasteiger partial charge in [-0.05, 0) is 77.9 Å². The van der Waals surface area contributed by atoms with Crippen LogP contribution >= 0.6 is 35.0 Å². The van der Waals surface area contributed by atoms with Crippen LogP contribution in [0.2, 0.25) is 10.0 Å². The van der Waals surface area contributed by atoms with Crippen molar-refractivity contribution in [3.05, 3.63) is 142 Å². The number of benzene rings is 5. The summed E-state index contributed by atoms with van der Waals surface area (Å²) in [6.07, 6.45) is 1.67. The SMILES string of the molecule is CC(Sc1cccc(NC(=O)/C(=C\c2cccc3ccccc23)NC(=O)c2ccccc2)c1)C(=O)Nc1ccc(Cl)c(Cl)c1. The molecule has 0 saturated carbocycles. The molecule has 0 bridgehead atoms. The van der Waals surface area contributed by atoms with E-state index in [2.05, 4.69) is 16.0 Å². The molecular weight excluding hydrogens is 613 g/mol. The smallest absolute Gasteiger partial charge is 0.272 e. The zero-order valence-corrected chi connectivity index (χ0v) is 25.8. The molecule has 0 aliphatic heterocycles. The van der Waals surface area contributed by atoms with Gasteiger partial charge in [-0.1, -0.05) is 89.9 Å². The predicted octanol–water partition coefficient (Wildman–Crippen LogP) is 8.68. The first kappa shape index (κ1) is 30.9. The second-order valence-electron chi connectivity index (χ2n) is 9.81. The number of thioether (sulfide) groups is 1. The highest BCUT2D eigenvalue weighted by molar-refractivity contribution is 8.00. The highest BCUT2D eigenvalue weighted by atomic mass is 35.5. The summed E-state index contributed by atoms with van der Waals surface area (Å²) >= 11 is 13.4. The van der Waals surface area contributed by atoms with Crippen LogP contribution in [-0.2, 0) is 9.59 Å². The predicted molar refractivity (Wildman–Crippen MR) is 181 cm³/mol. The molecule has 0 fully saturated rings. The van der Waals surface area contributed by atoms with Crippen molar-refractivity contribution in [2.24, 2.45) is 0 Å². The van der Waals surface area contributed by atoms with Gasteiger partial charge < -0.3 is 16.0 Å². The third kappa shape index (κ3) is 7.88. The van der Waals surface area contributed by atoms with E-state index in [9.17, 15) is 14.4 Å². The topological polar surface area (TPSA) is 87.3 Å². The Balaban J connectivity index is 1.34. The van der Waals surface area contributed by atoms with Gasteiger partial charge in [-0.2, -0.15) is 0 Å². The van der Waals surface area contributed by atoms with E-state index in [0.29, 0.717) is 27.0 Å². The molecule has 1 unspecified atom stereocenters. The molecular formula is C35H27Cl2N3O3S. The highest BCUT2D eigenvalue weighted by Crippen LogP contribution is 2.29. The minimum absolute atomic E-state index is 0.0858. The van der Waals surface area contributed by atoms with Crippen LogP contribution in [0.3, 0.4) is 0 Å². The van der Waals surface area contributed by atoms with Gasteiger partial charge in [0.05, 0.1) is 15.3 Å². The van der Waals surface area contributed by atoms with Gasteiger partial charge >= 0.3 is 0 Å². The van der Waals surface area contributed by atoms with E-state index in [1.807, 2.05) is 54.6 Å². The molecule has 0 heterocycles. The molecule has 1 atom stereocenters. The second kappa shape index (κ2) is 14.3. The van der Waals surface area contributed by atoms with Crippen LogP contribution in [-0.4, -0.2) is 23.0 Å². The molecule has 44 heavy (non-hydrogen) atoms. The van der Waals surface area contributed by atoms with Crippen molar-refractivity contribution >= 4 is 80.9 Å². The molecule has 0 aliphatic carbocycles. The summed E-state index contributed by atoms with van der Waals surface area (Å²) in [5.41, 5.74) is 2.35. The van der Waals surface area contributed by atoms with Gasteiger partial charge in [0.1, 0.15) is 5.70 Å². The number of halogens is 2. The van der Waals surface area contributed by atoms with E-state index in [1.54, 1.807) is 73.7 Å². The Labute approximate surface area is 269 Å². The zero-order chi connectivity index (χ0) is 31.1. The number of fused-ring (bicyclic) bond motifs is 1. The Morgan fingerprint density at radius 1 is 0.727 bits per heavy atom. The molecule has 5 aromatic rings. The van der Waals surface area contributed by atoms with E-state index in [1.165, 1.54) is 11.8 Å². The molecule has 220 valence electrons. The molecule has 3 amide bonds. The average Bonchev–Trinajstić information content (AvgIpc) is 3.03. The van der Waals surface area contributed by atoms with E-state index in [-0.39, 0.29) is 11.6 Å². The first-order valence-corrected chi connectivity index (χ1v) is 15.3. The Morgan fingerprint density at radius 2 is 1.43 bits per heavy atom. The lowest BCUT2D eigenvalue weighted by Gasteiger charge is -2.14. The molecule has 0 radical (unpaired) electrons. The van der Waals surface area contributed by atoms with Crippen LogP contribution in [0, 0.1) is 0 Å². The van der Waals surface area contributed by atoms with Crippen molar-refractivity contribution in [2.75, 3.05) is 10.6 Å². The fraction of sp³-hybridized carbons (Fsp3) is 0.0571. The summed E-state index contributed by atoms with van der Waals surface area (Å²) in [7, 11) is 0. The first-order valence-electron chi connectivity index (χ1n) is 13.7. The van der Waals surface area contributed by atoms with E-state index in [0.717, 1.165) is 21.2 Å². The van der Waals surface area contributed by atoms with Gasteiger partial charge in [0.25, 0.3) is 11.8 Å². The lowest BCUT2D eigenvalue weighted by atomic mass is 10.0. The highest BCUT2D eigenvalue weighted by Gasteiger charge is 2.18. The quantitative estimate of drug-likeness (QED) is 0.111. The van der Waals surface area contributed by atoms with Gasteiger partial charge in [-0.3, -0.25) is 14.4 Å². The second-order valence-corrected chi connectivity index (χ2v) is 12.0. The Kier molecular flexibility index (Phi) is 10.0. The summed E-state index contributed by atoms with van der Waals surface area (Å²) in [4.78, 5) is 40.3. The average molecular weight is 641 g/mol. The van der Waals surface area contributed by atoms with Crippen LogP contribution in [0.15, 0.2) is 126 Å². The molecule has 5 aromatic carbocycles. The van der Waals surface area contributed by atoms with Crippen LogP contribution in [0.25, 0.3) is 16.8 Å². The summed E-state index contributed by atoms with van der Waals surface area (Å²) in [5, 5.41) is 10.8. The fourth-order valence-electron chi connectivity index (χ4n) is 4.40. The molecule has 0 saturated heterocycles. The van der Waals surface area contributed by atoms with Crippen molar-refractivity contribution in [3.63, 3.8) is 0 Å². The third-order valence-electron chi connectivity index (χ3n) is 6.61. The number of carbonyl (C=O) groups excluding carboxylic acids is 3. The van der Waals surface area contributed by atoms with E-state index >= 15 is 0 Å². The summed E-state index contributed by atoms with van der Waals surface area (Å²) in [5.74, 6) is -1.11. The van der Waals surface area contributed by atoms with Gasteiger partial charge in [-0.25, -0.2) is 0 Å². The summed E-state index contributed by atoms with van der Waals surface area (Å²) in [6.45, 7) is 1.78. The number of amides is 3. The largest absolute Gasteiger partial charge is 0.325 e. The van der Waals surface area contributed by atoms with Gasteiger partial charge in [0.2, 0.25) is 5.91 Å². The maximum absolute atomic E-state index is 13.6. The number of carbonyl (C=O) groups is 3. The first-order chi connectivity index (χ1) is 21.3. The summed E-state index contributed by atoms with van der Waals surface area (Å²) in [6, 6.07) is 34.4. The van der Waals surface area contributed by atoms with Gasteiger partial charge in [0, 0.05) is 21.8 Å². The summed E-state index contributed by atoms with van der Waals surface area (Å²) < 4.78 is 0. The maximum Gasteiger partial charge on any atom is 0.272 e. The monoisotopic (exact) mass is 639 g/mol. The molecule has 0 aromatic heterocycles. The van der Waals surface area contributed by atoms with Crippen LogP contribution in [0.5, 0.6) is 0 Å². The maximum atomic E-state index is 13.6. The van der Waals surface area contributed by atoms with Crippen molar-refractivity contribution in [2.45, 2.75) is 17.1 Å². The minimum Gasteiger partial charge on any atom is -0.325 e. The van der Waals surface area contributed by atoms with E-state index < -0.39 is 17.1 Å². The number of rotatable bonds is 9. The normalized spacial score (nSPS) is 11.9. The number of nitrogens with one attached hydrogen (secondary N) is 3. The molecule has 5 rings (SSSR count). The van der Waals surface area contributed by atoms with Gasteiger partial charge in [-0.15, -0.1) is 11.8 Å². The van der Waals surface area contributed by atoms with E-state index in [4.69, 9.17) is 23.2 Å². The molecule has 9 heteroatoms. The zero-order valence-electron chi connectivity index (χ0n) is 23.5. The third-order valence-corrected chi connectivity index (χ3v) is 8.45. The lowest BCUT2D eigenvalue weighted by molar-refractivity contribution is -0.115.